The molecule has 0 radical (unpaired) electrons. The van der Waals surface area contributed by atoms with E-state index in [0.29, 0.717) is 13.0 Å². The molecule has 0 aromatic carbocycles. The minimum Gasteiger partial charge on any atom is -0.477 e. The molecule has 2 aliphatic rings. The molecule has 8 nitrogen and oxygen atoms in total. The second-order valence-corrected chi connectivity index (χ2v) is 6.40. The fraction of sp³-hybridized carbons (Fsp3) is 0.562. The molecule has 0 spiro atoms. The third kappa shape index (κ3) is 2.33. The highest BCUT2D eigenvalue weighted by Crippen LogP contribution is 2.34. The first-order valence-electron chi connectivity index (χ1n) is 7.76. The zero-order valence-electron chi connectivity index (χ0n) is 13.9. The first-order valence-corrected chi connectivity index (χ1v) is 7.76. The van der Waals surface area contributed by atoms with Gasteiger partial charge in [-0.2, -0.15) is 0 Å². The Balaban J connectivity index is 2.25. The Bertz CT molecular complexity index is 771. The van der Waals surface area contributed by atoms with Crippen molar-refractivity contribution in [3.8, 4) is 0 Å². The van der Waals surface area contributed by atoms with Crippen LogP contribution in [0.15, 0.2) is 11.0 Å². The minimum absolute atomic E-state index is 0.0327. The average molecular weight is 336 g/mol. The van der Waals surface area contributed by atoms with E-state index in [9.17, 15) is 19.5 Å². The quantitative estimate of drug-likeness (QED) is 0.871. The Morgan fingerprint density at radius 3 is 2.83 bits per heavy atom. The average Bonchev–Trinajstić information content (AvgIpc) is 2.49. The summed E-state index contributed by atoms with van der Waals surface area (Å²) in [6, 6.07) is -0.0327. The number of ether oxygens (including phenoxy) is 2. The molecule has 2 unspecified atom stereocenters. The molecule has 1 aromatic rings. The maximum absolute atomic E-state index is 13.1. The predicted octanol–water partition coefficient (Wildman–Crippen LogP) is 0.674. The van der Waals surface area contributed by atoms with Crippen molar-refractivity contribution in [3.05, 3.63) is 33.2 Å². The zero-order valence-corrected chi connectivity index (χ0v) is 13.9. The van der Waals surface area contributed by atoms with Crippen LogP contribution >= 0.6 is 0 Å². The number of hydrogen-bond donors (Lipinski definition) is 1. The molecule has 1 amide bonds. The number of methoxy groups -OCH3 is 1. The summed E-state index contributed by atoms with van der Waals surface area (Å²) in [5, 5.41) is 9.28. The predicted molar refractivity (Wildman–Crippen MR) is 83.0 cm³/mol. The molecular weight excluding hydrogens is 316 g/mol. The molecule has 1 N–H and O–H groups in total. The number of pyridine rings is 1. The minimum atomic E-state index is -1.33. The van der Waals surface area contributed by atoms with Gasteiger partial charge in [0.1, 0.15) is 11.3 Å². The third-order valence-corrected chi connectivity index (χ3v) is 4.68. The lowest BCUT2D eigenvalue weighted by Crippen LogP contribution is -2.64. The normalized spacial score (nSPS) is 26.0. The van der Waals surface area contributed by atoms with Crippen molar-refractivity contribution in [2.24, 2.45) is 0 Å². The van der Waals surface area contributed by atoms with Gasteiger partial charge in [-0.1, -0.05) is 0 Å². The maximum Gasteiger partial charge on any atom is 0.341 e. The smallest absolute Gasteiger partial charge is 0.341 e. The number of hydrogen-bond acceptors (Lipinski definition) is 5. The summed E-state index contributed by atoms with van der Waals surface area (Å²) in [4.78, 5) is 38.6. The first-order chi connectivity index (χ1) is 11.3. The van der Waals surface area contributed by atoms with E-state index in [1.807, 2.05) is 6.92 Å². The SMILES string of the molecule is COCc1c2n(cc(C(=O)O)c1=O)CC1(C)OCCC(C)N1C2=O. The topological polar surface area (TPSA) is 98.1 Å². The van der Waals surface area contributed by atoms with Gasteiger partial charge < -0.3 is 24.0 Å². The Morgan fingerprint density at radius 1 is 1.50 bits per heavy atom. The summed E-state index contributed by atoms with van der Waals surface area (Å²) in [6.07, 6.45) is 1.93. The Kier molecular flexibility index (Phi) is 3.97. The van der Waals surface area contributed by atoms with E-state index >= 15 is 0 Å². The number of carboxylic acid groups (broad SMARTS) is 1. The Morgan fingerprint density at radius 2 is 2.21 bits per heavy atom. The van der Waals surface area contributed by atoms with Crippen molar-refractivity contribution in [1.82, 2.24) is 9.47 Å². The van der Waals surface area contributed by atoms with Crippen LogP contribution < -0.4 is 5.43 Å². The van der Waals surface area contributed by atoms with Crippen molar-refractivity contribution < 1.29 is 24.2 Å². The van der Waals surface area contributed by atoms with Gasteiger partial charge >= 0.3 is 5.97 Å². The molecule has 2 aliphatic heterocycles. The lowest BCUT2D eigenvalue weighted by Gasteiger charge is -2.51. The summed E-state index contributed by atoms with van der Waals surface area (Å²) in [5.41, 5.74) is -1.67. The molecule has 8 heteroatoms. The van der Waals surface area contributed by atoms with Crippen LogP contribution in [0, 0.1) is 0 Å². The molecule has 3 rings (SSSR count). The molecule has 1 fully saturated rings. The number of carbonyl (C=O) groups excluding carboxylic acids is 1. The highest BCUT2D eigenvalue weighted by atomic mass is 16.5. The zero-order chi connectivity index (χ0) is 17.6. The van der Waals surface area contributed by atoms with Crippen LogP contribution in [0.5, 0.6) is 0 Å². The Hall–Kier alpha value is -2.19. The lowest BCUT2D eigenvalue weighted by atomic mass is 9.98. The van der Waals surface area contributed by atoms with Crippen LogP contribution in [0.4, 0.5) is 0 Å². The molecule has 3 heterocycles. The first kappa shape index (κ1) is 16.7. The van der Waals surface area contributed by atoms with Crippen molar-refractivity contribution >= 4 is 11.9 Å². The number of carboxylic acids is 1. The van der Waals surface area contributed by atoms with Crippen LogP contribution in [0.3, 0.4) is 0 Å². The largest absolute Gasteiger partial charge is 0.477 e. The van der Waals surface area contributed by atoms with Crippen LogP contribution in [-0.2, 0) is 22.6 Å². The number of carbonyl (C=O) groups is 2. The monoisotopic (exact) mass is 336 g/mol. The van der Waals surface area contributed by atoms with Gasteiger partial charge in [0.05, 0.1) is 25.3 Å². The molecule has 0 bridgehead atoms. The van der Waals surface area contributed by atoms with Crippen molar-refractivity contribution in [1.29, 1.82) is 0 Å². The number of amides is 1. The van der Waals surface area contributed by atoms with E-state index in [0.717, 1.165) is 0 Å². The molecule has 1 aromatic heterocycles. The lowest BCUT2D eigenvalue weighted by molar-refractivity contribution is -0.185. The summed E-state index contributed by atoms with van der Waals surface area (Å²) < 4.78 is 12.4. The number of rotatable bonds is 3. The van der Waals surface area contributed by atoms with Crippen LogP contribution in [0.25, 0.3) is 0 Å². The molecular formula is C16H20N2O6. The molecule has 0 aliphatic carbocycles. The summed E-state index contributed by atoms with van der Waals surface area (Å²) >= 11 is 0. The number of aromatic carboxylic acids is 1. The van der Waals surface area contributed by atoms with Gasteiger partial charge in [-0.05, 0) is 20.3 Å². The van der Waals surface area contributed by atoms with Crippen molar-refractivity contribution in [3.63, 3.8) is 0 Å². The maximum atomic E-state index is 13.1. The second kappa shape index (κ2) is 5.71. The van der Waals surface area contributed by atoms with Gasteiger partial charge in [-0.15, -0.1) is 0 Å². The van der Waals surface area contributed by atoms with Crippen molar-refractivity contribution in [2.75, 3.05) is 13.7 Å². The van der Waals surface area contributed by atoms with E-state index < -0.39 is 17.1 Å². The third-order valence-electron chi connectivity index (χ3n) is 4.68. The van der Waals surface area contributed by atoms with E-state index in [1.54, 1.807) is 11.8 Å². The number of fused-ring (bicyclic) bond motifs is 2. The molecule has 24 heavy (non-hydrogen) atoms. The van der Waals surface area contributed by atoms with Crippen molar-refractivity contribution in [2.45, 2.75) is 45.2 Å². The Labute approximate surface area is 138 Å². The summed E-state index contributed by atoms with van der Waals surface area (Å²) in [6.45, 7) is 4.40. The second-order valence-electron chi connectivity index (χ2n) is 6.40. The highest BCUT2D eigenvalue weighted by molar-refractivity contribution is 5.97. The van der Waals surface area contributed by atoms with Gasteiger partial charge in [0.2, 0.25) is 5.43 Å². The van der Waals surface area contributed by atoms with Crippen LogP contribution in [-0.4, -0.2) is 51.9 Å². The summed E-state index contributed by atoms with van der Waals surface area (Å²) in [5.74, 6) is -1.66. The number of nitrogens with zero attached hydrogens (tertiary/aromatic N) is 2. The van der Waals surface area contributed by atoms with E-state index in [2.05, 4.69) is 0 Å². The number of aromatic nitrogens is 1. The molecule has 1 saturated heterocycles. The van der Waals surface area contributed by atoms with E-state index in [1.165, 1.54) is 17.9 Å². The van der Waals surface area contributed by atoms with Gasteiger partial charge in [-0.25, -0.2) is 4.79 Å². The van der Waals surface area contributed by atoms with Gasteiger partial charge in [0.25, 0.3) is 5.91 Å². The van der Waals surface area contributed by atoms with Crippen LogP contribution in [0.1, 0.15) is 46.7 Å². The highest BCUT2D eigenvalue weighted by Gasteiger charge is 2.48. The van der Waals surface area contributed by atoms with Gasteiger partial charge in [0.15, 0.2) is 5.72 Å². The summed E-state index contributed by atoms with van der Waals surface area (Å²) in [7, 11) is 1.40. The molecule has 2 atom stereocenters. The molecule has 130 valence electrons. The van der Waals surface area contributed by atoms with Crippen LogP contribution in [0.2, 0.25) is 0 Å². The van der Waals surface area contributed by atoms with E-state index in [4.69, 9.17) is 9.47 Å². The fourth-order valence-corrected chi connectivity index (χ4v) is 3.61. The molecule has 0 saturated carbocycles. The fourth-order valence-electron chi connectivity index (χ4n) is 3.61. The van der Waals surface area contributed by atoms with Gasteiger partial charge in [-0.3, -0.25) is 9.59 Å². The van der Waals surface area contributed by atoms with Gasteiger partial charge in [0, 0.05) is 19.3 Å². The van der Waals surface area contributed by atoms with E-state index in [-0.39, 0.29) is 41.9 Å². The standard InChI is InChI=1S/C16H20N2O6/c1-9-4-5-24-16(2)8-17-6-10(15(21)22)13(19)11(7-23-3)12(17)14(20)18(9)16/h6,9H,4-5,7-8H2,1-3H3,(H,21,22).